The minimum absolute atomic E-state index is 0. The molecule has 0 spiro atoms. The second-order valence-electron chi connectivity index (χ2n) is 10.5. The van der Waals surface area contributed by atoms with E-state index in [2.05, 4.69) is 107 Å². The van der Waals surface area contributed by atoms with E-state index < -0.39 is 0 Å². The van der Waals surface area contributed by atoms with Crippen LogP contribution in [-0.2, 0) is 24.4 Å². The largest absolute Gasteiger partial charge is 0.379 e. The molecule has 1 saturated heterocycles. The first-order chi connectivity index (χ1) is 19.7. The van der Waals surface area contributed by atoms with Crippen molar-refractivity contribution in [1.29, 1.82) is 0 Å². The number of thiophene rings is 1. The van der Waals surface area contributed by atoms with Crippen LogP contribution in [-0.4, -0.2) is 55.2 Å². The molecule has 5 rings (SSSR count). The van der Waals surface area contributed by atoms with Crippen LogP contribution in [0.15, 0.2) is 84.2 Å². The first kappa shape index (κ1) is 33.8. The Morgan fingerprint density at radius 2 is 1.67 bits per heavy atom. The molecule has 4 aromatic rings. The smallest absolute Gasteiger partial charge is 0.318 e. The van der Waals surface area contributed by atoms with Gasteiger partial charge in [-0.2, -0.15) is 0 Å². The van der Waals surface area contributed by atoms with Gasteiger partial charge in [-0.05, 0) is 52.3 Å². The van der Waals surface area contributed by atoms with E-state index in [-0.39, 0.29) is 36.9 Å². The van der Waals surface area contributed by atoms with Gasteiger partial charge in [0.15, 0.2) is 0 Å². The van der Waals surface area contributed by atoms with Crippen molar-refractivity contribution in [3.8, 4) is 0 Å². The Balaban J connectivity index is 0.00000242. The first-order valence-electron chi connectivity index (χ1n) is 14.3. The van der Waals surface area contributed by atoms with Crippen LogP contribution in [0.4, 0.5) is 4.79 Å². The average Bonchev–Trinajstić information content (AvgIpc) is 3.51. The monoisotopic (exact) mass is 628 g/mol. The van der Waals surface area contributed by atoms with Gasteiger partial charge in [-0.1, -0.05) is 72.8 Å². The summed E-state index contributed by atoms with van der Waals surface area (Å²) < 4.78 is 5.49. The number of fused-ring (bicyclic) bond motifs is 1. The van der Waals surface area contributed by atoms with Crippen LogP contribution in [0.5, 0.6) is 0 Å². The van der Waals surface area contributed by atoms with Gasteiger partial charge >= 0.3 is 6.03 Å². The maximum absolute atomic E-state index is 13.6. The maximum atomic E-state index is 13.6. The SMILES string of the molecule is C[C@H](NC(=O)N(CCCN1CCOCC1)Cc1ccc(CNCc2cccs2)cc1)c1cccc2ccccc12.Cl.Cl. The van der Waals surface area contributed by atoms with Gasteiger partial charge in [0.2, 0.25) is 0 Å². The summed E-state index contributed by atoms with van der Waals surface area (Å²) in [5, 5.41) is 11.3. The molecule has 42 heavy (non-hydrogen) atoms. The number of ether oxygens (including phenoxy) is 1. The van der Waals surface area contributed by atoms with Gasteiger partial charge in [0, 0.05) is 50.7 Å². The zero-order valence-corrected chi connectivity index (χ0v) is 26.6. The Hall–Kier alpha value is -2.65. The lowest BCUT2D eigenvalue weighted by molar-refractivity contribution is 0.0364. The van der Waals surface area contributed by atoms with E-state index in [0.29, 0.717) is 13.1 Å². The minimum atomic E-state index is -0.0999. The number of hydrogen-bond donors (Lipinski definition) is 2. The molecule has 0 unspecified atom stereocenters. The first-order valence-corrected chi connectivity index (χ1v) is 15.2. The Bertz CT molecular complexity index is 1340. The van der Waals surface area contributed by atoms with E-state index in [1.54, 1.807) is 11.3 Å². The summed E-state index contributed by atoms with van der Waals surface area (Å²) in [6.45, 7) is 9.55. The second-order valence-corrected chi connectivity index (χ2v) is 11.5. The minimum Gasteiger partial charge on any atom is -0.379 e. The van der Waals surface area contributed by atoms with Crippen LogP contribution in [0.2, 0.25) is 0 Å². The number of nitrogens with zero attached hydrogens (tertiary/aromatic N) is 2. The summed E-state index contributed by atoms with van der Waals surface area (Å²) in [5.41, 5.74) is 3.52. The third kappa shape index (κ3) is 9.69. The number of morpholine rings is 1. The van der Waals surface area contributed by atoms with Gasteiger partial charge in [-0.3, -0.25) is 4.90 Å². The molecule has 0 aliphatic carbocycles. The van der Waals surface area contributed by atoms with Gasteiger partial charge in [0.05, 0.1) is 19.3 Å². The standard InChI is InChI=1S/C33H40N4O2S.2ClH/c1-26(31-11-4-8-29-7-2-3-10-32(29)31)35-33(38)37(17-6-16-36-18-20-39-21-19-36)25-28-14-12-27(13-15-28)23-34-24-30-9-5-22-40-30;;/h2-5,7-15,22,26,34H,6,16-21,23-25H2,1H3,(H,35,38);2*1H/t26-;;/m0../s1. The predicted molar refractivity (Wildman–Crippen MR) is 179 cm³/mol. The van der Waals surface area contributed by atoms with Crippen molar-refractivity contribution in [2.75, 3.05) is 39.4 Å². The molecule has 226 valence electrons. The van der Waals surface area contributed by atoms with Crippen LogP contribution in [0.1, 0.15) is 41.0 Å². The molecule has 1 aromatic heterocycles. The average molecular weight is 630 g/mol. The maximum Gasteiger partial charge on any atom is 0.318 e. The Morgan fingerprint density at radius 3 is 2.43 bits per heavy atom. The third-order valence-corrected chi connectivity index (χ3v) is 8.40. The topological polar surface area (TPSA) is 56.8 Å². The summed E-state index contributed by atoms with van der Waals surface area (Å²) in [7, 11) is 0. The quantitative estimate of drug-likeness (QED) is 0.177. The van der Waals surface area contributed by atoms with Crippen molar-refractivity contribution >= 4 is 53.0 Å². The molecule has 1 aliphatic heterocycles. The summed E-state index contributed by atoms with van der Waals surface area (Å²) in [4.78, 5) is 19.4. The Labute approximate surface area is 266 Å². The van der Waals surface area contributed by atoms with Gasteiger partial charge in [0.25, 0.3) is 0 Å². The fraction of sp³-hybridized carbons (Fsp3) is 0.364. The molecule has 9 heteroatoms. The fourth-order valence-corrected chi connectivity index (χ4v) is 5.95. The number of halogens is 2. The van der Waals surface area contributed by atoms with Crippen LogP contribution in [0, 0.1) is 0 Å². The second kappa shape index (κ2) is 17.5. The zero-order valence-electron chi connectivity index (χ0n) is 24.2. The highest BCUT2D eigenvalue weighted by Gasteiger charge is 2.19. The van der Waals surface area contributed by atoms with Crippen LogP contribution >= 0.6 is 36.2 Å². The number of nitrogens with one attached hydrogen (secondary N) is 2. The molecular formula is C33H42Cl2N4O2S. The predicted octanol–water partition coefficient (Wildman–Crippen LogP) is 7.03. The highest BCUT2D eigenvalue weighted by atomic mass is 35.5. The van der Waals surface area contributed by atoms with E-state index in [4.69, 9.17) is 4.74 Å². The molecule has 2 N–H and O–H groups in total. The van der Waals surface area contributed by atoms with Crippen LogP contribution in [0.3, 0.4) is 0 Å². The molecular weight excluding hydrogens is 587 g/mol. The number of hydrogen-bond acceptors (Lipinski definition) is 5. The lowest BCUT2D eigenvalue weighted by Crippen LogP contribution is -2.43. The van der Waals surface area contributed by atoms with Crippen molar-refractivity contribution in [2.24, 2.45) is 0 Å². The molecule has 2 heterocycles. The number of amides is 2. The van der Waals surface area contributed by atoms with E-state index >= 15 is 0 Å². The Morgan fingerprint density at radius 1 is 0.929 bits per heavy atom. The summed E-state index contributed by atoms with van der Waals surface area (Å²) >= 11 is 1.77. The van der Waals surface area contributed by atoms with E-state index in [0.717, 1.165) is 63.5 Å². The Kier molecular flexibility index (Phi) is 14.1. The molecule has 1 fully saturated rings. The molecule has 1 aliphatic rings. The fourth-order valence-electron chi connectivity index (χ4n) is 5.27. The molecule has 6 nitrogen and oxygen atoms in total. The summed E-state index contributed by atoms with van der Waals surface area (Å²) in [6.07, 6.45) is 0.931. The molecule has 1 atom stereocenters. The van der Waals surface area contributed by atoms with E-state index in [1.807, 2.05) is 4.90 Å². The van der Waals surface area contributed by atoms with Gasteiger partial charge in [-0.15, -0.1) is 36.2 Å². The molecule has 2 amide bonds. The van der Waals surface area contributed by atoms with Gasteiger partial charge in [-0.25, -0.2) is 4.79 Å². The van der Waals surface area contributed by atoms with Crippen molar-refractivity contribution in [3.05, 3.63) is 106 Å². The summed E-state index contributed by atoms with van der Waals surface area (Å²) in [6, 6.07) is 27.4. The van der Waals surface area contributed by atoms with Gasteiger partial charge < -0.3 is 20.3 Å². The molecule has 0 saturated carbocycles. The number of urea groups is 1. The van der Waals surface area contributed by atoms with E-state index in [1.165, 1.54) is 21.2 Å². The van der Waals surface area contributed by atoms with E-state index in [9.17, 15) is 4.79 Å². The van der Waals surface area contributed by atoms with Crippen molar-refractivity contribution < 1.29 is 9.53 Å². The molecule has 3 aromatic carbocycles. The van der Waals surface area contributed by atoms with Crippen molar-refractivity contribution in [1.82, 2.24) is 20.4 Å². The number of carbonyl (C=O) groups is 1. The molecule has 0 bridgehead atoms. The van der Waals surface area contributed by atoms with Crippen molar-refractivity contribution in [2.45, 2.75) is 39.0 Å². The van der Waals surface area contributed by atoms with Gasteiger partial charge in [0.1, 0.15) is 0 Å². The summed E-state index contributed by atoms with van der Waals surface area (Å²) in [5.74, 6) is 0. The number of benzene rings is 3. The third-order valence-electron chi connectivity index (χ3n) is 7.53. The lowest BCUT2D eigenvalue weighted by atomic mass is 10.00. The zero-order chi connectivity index (χ0) is 27.6. The highest BCUT2D eigenvalue weighted by molar-refractivity contribution is 7.09. The van der Waals surface area contributed by atoms with Crippen LogP contribution in [0.25, 0.3) is 10.8 Å². The number of carbonyl (C=O) groups excluding carboxylic acids is 1. The molecule has 0 radical (unpaired) electrons. The lowest BCUT2D eigenvalue weighted by Gasteiger charge is -2.29. The van der Waals surface area contributed by atoms with Crippen molar-refractivity contribution in [3.63, 3.8) is 0 Å². The van der Waals surface area contributed by atoms with Crippen LogP contribution < -0.4 is 10.6 Å². The normalized spacial score (nSPS) is 14.0. The highest BCUT2D eigenvalue weighted by Crippen LogP contribution is 2.24. The number of rotatable bonds is 12.